The molecule has 2 aliphatic heterocycles. The molecular formula is C21H25N9. The first-order valence-corrected chi connectivity index (χ1v) is 10.5. The number of rotatable bonds is 6. The number of H-pyrrole nitrogens is 1. The van der Waals surface area contributed by atoms with Gasteiger partial charge in [-0.1, -0.05) is 0 Å². The predicted molar refractivity (Wildman–Crippen MR) is 114 cm³/mol. The lowest BCUT2D eigenvalue weighted by molar-refractivity contribution is 0.136. The Balaban J connectivity index is 1.38. The van der Waals surface area contributed by atoms with Crippen LogP contribution in [-0.4, -0.2) is 54.7 Å². The average Bonchev–Trinajstić information content (AvgIpc) is 3.25. The van der Waals surface area contributed by atoms with Crippen LogP contribution in [0.3, 0.4) is 0 Å². The summed E-state index contributed by atoms with van der Waals surface area (Å²) in [6, 6.07) is 9.55. The van der Waals surface area contributed by atoms with Gasteiger partial charge < -0.3 is 10.6 Å². The summed E-state index contributed by atoms with van der Waals surface area (Å²) in [6.07, 6.45) is 6.91. The zero-order valence-electron chi connectivity index (χ0n) is 17.0. The van der Waals surface area contributed by atoms with Gasteiger partial charge in [-0.3, -0.25) is 10.00 Å². The highest BCUT2D eigenvalue weighted by Gasteiger charge is 2.40. The maximum absolute atomic E-state index is 8.95. The topological polar surface area (TPSA) is 118 Å². The number of hydrogen-bond acceptors (Lipinski definition) is 8. The number of piperidine rings is 1. The minimum atomic E-state index is 0.347. The van der Waals surface area contributed by atoms with Gasteiger partial charge in [0.25, 0.3) is 0 Å². The highest BCUT2D eigenvalue weighted by atomic mass is 15.3. The van der Waals surface area contributed by atoms with E-state index in [1.165, 1.54) is 12.8 Å². The van der Waals surface area contributed by atoms with Crippen molar-refractivity contribution in [3.8, 4) is 6.07 Å². The first-order chi connectivity index (χ1) is 14.7. The molecule has 2 fully saturated rings. The van der Waals surface area contributed by atoms with Gasteiger partial charge in [0.2, 0.25) is 5.95 Å². The monoisotopic (exact) mass is 403 g/mol. The van der Waals surface area contributed by atoms with Gasteiger partial charge in [0.1, 0.15) is 5.82 Å². The lowest BCUT2D eigenvalue weighted by Crippen LogP contribution is -2.47. The number of pyridine rings is 1. The molecule has 2 saturated heterocycles. The summed E-state index contributed by atoms with van der Waals surface area (Å²) in [5.74, 6) is 1.96. The summed E-state index contributed by atoms with van der Waals surface area (Å²) in [7, 11) is 0. The molecule has 9 heteroatoms. The molecule has 2 unspecified atom stereocenters. The number of aromatic amines is 1. The van der Waals surface area contributed by atoms with Gasteiger partial charge in [-0.15, -0.1) is 0 Å². The van der Waals surface area contributed by atoms with E-state index in [9.17, 15) is 0 Å². The summed E-state index contributed by atoms with van der Waals surface area (Å²) in [4.78, 5) is 16.3. The molecule has 3 aromatic rings. The van der Waals surface area contributed by atoms with Crippen LogP contribution < -0.4 is 10.6 Å². The Hall–Kier alpha value is -3.25. The third kappa shape index (κ3) is 3.66. The summed E-state index contributed by atoms with van der Waals surface area (Å²) in [5, 5.41) is 23.8. The van der Waals surface area contributed by atoms with E-state index in [0.29, 0.717) is 42.0 Å². The van der Waals surface area contributed by atoms with Crippen LogP contribution in [0.1, 0.15) is 37.8 Å². The Morgan fingerprint density at radius 1 is 1.27 bits per heavy atom. The molecule has 9 nitrogen and oxygen atoms in total. The standard InChI is InChI=1S/C21H25N9/c1-13-10-18(29-28-13)25-21-26-19-17(4-2-8-23-19)20(27-21)24-14-11-15-5-6-16(12-14)30(15)9-3-7-22/h2,4,8,10,14-16H,3,5-6,9,11-12H2,1H3,(H3,23,24,25,26,27,28,29)/t14?,15-,16?/m0/s1. The second kappa shape index (κ2) is 7.88. The fourth-order valence-corrected chi connectivity index (χ4v) is 4.85. The number of nitriles is 1. The Labute approximate surface area is 174 Å². The molecule has 3 atom stereocenters. The first kappa shape index (κ1) is 18.8. The number of hydrogen-bond donors (Lipinski definition) is 3. The Morgan fingerprint density at radius 2 is 2.10 bits per heavy atom. The van der Waals surface area contributed by atoms with Crippen molar-refractivity contribution in [2.24, 2.45) is 0 Å². The van der Waals surface area contributed by atoms with E-state index in [1.54, 1.807) is 6.20 Å². The molecule has 0 aromatic carbocycles. The fraction of sp³-hybridized carbons (Fsp3) is 0.476. The highest BCUT2D eigenvalue weighted by Crippen LogP contribution is 2.37. The number of anilines is 3. The molecule has 0 saturated carbocycles. The van der Waals surface area contributed by atoms with E-state index in [4.69, 9.17) is 10.2 Å². The number of fused-ring (bicyclic) bond motifs is 3. The maximum Gasteiger partial charge on any atom is 0.232 e. The van der Waals surface area contributed by atoms with Crippen molar-refractivity contribution in [1.82, 2.24) is 30.0 Å². The zero-order chi connectivity index (χ0) is 20.5. The van der Waals surface area contributed by atoms with Crippen molar-refractivity contribution in [2.75, 3.05) is 17.2 Å². The van der Waals surface area contributed by atoms with E-state index in [0.717, 1.165) is 36.3 Å². The van der Waals surface area contributed by atoms with Crippen molar-refractivity contribution in [1.29, 1.82) is 5.26 Å². The van der Waals surface area contributed by atoms with E-state index in [2.05, 4.69) is 41.8 Å². The number of aromatic nitrogens is 5. The van der Waals surface area contributed by atoms with Crippen LogP contribution in [0.2, 0.25) is 0 Å². The van der Waals surface area contributed by atoms with E-state index < -0.39 is 0 Å². The third-order valence-corrected chi connectivity index (χ3v) is 6.12. The van der Waals surface area contributed by atoms with Gasteiger partial charge in [0.15, 0.2) is 11.5 Å². The second-order valence-corrected chi connectivity index (χ2v) is 8.18. The summed E-state index contributed by atoms with van der Waals surface area (Å²) in [5.41, 5.74) is 1.62. The summed E-state index contributed by atoms with van der Waals surface area (Å²) >= 11 is 0. The molecule has 154 valence electrons. The minimum absolute atomic E-state index is 0.347. The van der Waals surface area contributed by atoms with Crippen molar-refractivity contribution >= 4 is 28.6 Å². The number of nitrogens with one attached hydrogen (secondary N) is 3. The van der Waals surface area contributed by atoms with Crippen LogP contribution in [-0.2, 0) is 0 Å². The molecule has 0 radical (unpaired) electrons. The van der Waals surface area contributed by atoms with Crippen molar-refractivity contribution in [3.63, 3.8) is 0 Å². The van der Waals surface area contributed by atoms with Crippen molar-refractivity contribution in [3.05, 3.63) is 30.1 Å². The smallest absolute Gasteiger partial charge is 0.232 e. The molecule has 0 amide bonds. The lowest BCUT2D eigenvalue weighted by Gasteiger charge is -2.39. The van der Waals surface area contributed by atoms with Gasteiger partial charge in [0.05, 0.1) is 11.5 Å². The van der Waals surface area contributed by atoms with Crippen LogP contribution in [0, 0.1) is 18.3 Å². The Morgan fingerprint density at radius 3 is 2.83 bits per heavy atom. The molecule has 0 spiro atoms. The molecular weight excluding hydrogens is 378 g/mol. The van der Waals surface area contributed by atoms with E-state index in [-0.39, 0.29) is 0 Å². The molecule has 5 rings (SSSR count). The molecule has 2 aliphatic rings. The molecule has 3 aromatic heterocycles. The van der Waals surface area contributed by atoms with E-state index in [1.807, 2.05) is 25.1 Å². The predicted octanol–water partition coefficient (Wildman–Crippen LogP) is 3.12. The highest BCUT2D eigenvalue weighted by molar-refractivity contribution is 5.87. The van der Waals surface area contributed by atoms with Gasteiger partial charge in [-0.2, -0.15) is 20.3 Å². The van der Waals surface area contributed by atoms with Gasteiger partial charge in [-0.25, -0.2) is 4.98 Å². The molecule has 3 N–H and O–H groups in total. The number of aryl methyl sites for hydroxylation is 1. The molecule has 2 bridgehead atoms. The second-order valence-electron chi connectivity index (χ2n) is 8.18. The summed E-state index contributed by atoms with van der Waals surface area (Å²) < 4.78 is 0. The van der Waals surface area contributed by atoms with Crippen LogP contribution in [0.4, 0.5) is 17.6 Å². The van der Waals surface area contributed by atoms with Gasteiger partial charge in [0, 0.05) is 49.0 Å². The lowest BCUT2D eigenvalue weighted by atomic mass is 9.97. The maximum atomic E-state index is 8.95. The third-order valence-electron chi connectivity index (χ3n) is 6.12. The number of nitrogens with zero attached hydrogens (tertiary/aromatic N) is 6. The largest absolute Gasteiger partial charge is 0.366 e. The van der Waals surface area contributed by atoms with Crippen LogP contribution in [0.5, 0.6) is 0 Å². The molecule has 30 heavy (non-hydrogen) atoms. The van der Waals surface area contributed by atoms with Crippen LogP contribution in [0.25, 0.3) is 11.0 Å². The van der Waals surface area contributed by atoms with E-state index >= 15 is 0 Å². The minimum Gasteiger partial charge on any atom is -0.366 e. The molecule has 5 heterocycles. The fourth-order valence-electron chi connectivity index (χ4n) is 4.85. The average molecular weight is 403 g/mol. The zero-order valence-corrected chi connectivity index (χ0v) is 17.0. The normalized spacial score (nSPS) is 23.4. The van der Waals surface area contributed by atoms with Crippen LogP contribution >= 0.6 is 0 Å². The van der Waals surface area contributed by atoms with Crippen LogP contribution in [0.15, 0.2) is 24.4 Å². The van der Waals surface area contributed by atoms with Crippen molar-refractivity contribution in [2.45, 2.75) is 57.2 Å². The Bertz CT molecular complexity index is 1070. The first-order valence-electron chi connectivity index (χ1n) is 10.5. The Kier molecular flexibility index (Phi) is 4.93. The quantitative estimate of drug-likeness (QED) is 0.574. The SMILES string of the molecule is Cc1cc(Nc2nc(NC3CC4CC[C@@H](C3)N4CCC#N)c3cccnc3n2)n[nH]1. The summed E-state index contributed by atoms with van der Waals surface area (Å²) in [6.45, 7) is 2.83. The van der Waals surface area contributed by atoms with Gasteiger partial charge >= 0.3 is 0 Å². The van der Waals surface area contributed by atoms with Gasteiger partial charge in [-0.05, 0) is 44.7 Å². The van der Waals surface area contributed by atoms with Crippen molar-refractivity contribution < 1.29 is 0 Å². The molecule has 0 aliphatic carbocycles.